The first-order valence-electron chi connectivity index (χ1n) is 3.90. The first-order valence-corrected chi connectivity index (χ1v) is 3.90. The van der Waals surface area contributed by atoms with E-state index in [-0.39, 0.29) is 17.3 Å². The van der Waals surface area contributed by atoms with Crippen molar-refractivity contribution in [3.8, 4) is 11.5 Å². The minimum atomic E-state index is -0.377. The summed E-state index contributed by atoms with van der Waals surface area (Å²) in [4.78, 5) is 10.1. The smallest absolute Gasteiger partial charge is 0.184 e. The molecule has 2 N–H and O–H groups in total. The molecule has 0 bridgehead atoms. The quantitative estimate of drug-likeness (QED) is 0.434. The molecular formula is C10H10O4. The molecule has 0 atom stereocenters. The van der Waals surface area contributed by atoms with Gasteiger partial charge in [-0.25, -0.2) is 0 Å². The van der Waals surface area contributed by atoms with Crippen LogP contribution in [0.5, 0.6) is 11.5 Å². The van der Waals surface area contributed by atoms with Crippen LogP contribution in [0.3, 0.4) is 0 Å². The van der Waals surface area contributed by atoms with Crippen LogP contribution in [0.25, 0.3) is 6.08 Å². The molecule has 0 aromatic heterocycles. The lowest BCUT2D eigenvalue weighted by atomic mass is 10.2. The Labute approximate surface area is 81.1 Å². The van der Waals surface area contributed by atoms with E-state index in [1.807, 2.05) is 0 Å². The van der Waals surface area contributed by atoms with Crippen LogP contribution in [0.2, 0.25) is 0 Å². The van der Waals surface area contributed by atoms with Gasteiger partial charge in [0.15, 0.2) is 23.5 Å². The number of methoxy groups -OCH3 is 1. The summed E-state index contributed by atoms with van der Waals surface area (Å²) in [6.45, 7) is 0. The van der Waals surface area contributed by atoms with Crippen molar-refractivity contribution < 1.29 is 19.7 Å². The molecule has 0 saturated heterocycles. The molecule has 4 nitrogen and oxygen atoms in total. The molecule has 0 aliphatic heterocycles. The van der Waals surface area contributed by atoms with Gasteiger partial charge in [0.2, 0.25) is 0 Å². The van der Waals surface area contributed by atoms with Gasteiger partial charge in [0.1, 0.15) is 0 Å². The Kier molecular flexibility index (Phi) is 3.12. The summed E-state index contributed by atoms with van der Waals surface area (Å²) in [5, 5.41) is 18.2. The number of phenols is 1. The molecule has 4 heteroatoms. The number of rotatable bonds is 3. The Hall–Kier alpha value is -1.97. The summed E-state index contributed by atoms with van der Waals surface area (Å²) in [6.07, 6.45) is 1.61. The Morgan fingerprint density at radius 1 is 1.50 bits per heavy atom. The van der Waals surface area contributed by atoms with E-state index in [1.165, 1.54) is 25.3 Å². The van der Waals surface area contributed by atoms with Gasteiger partial charge < -0.3 is 14.9 Å². The molecule has 0 aliphatic carbocycles. The lowest BCUT2D eigenvalue weighted by Crippen LogP contribution is -1.86. The SMILES string of the molecule is COc1cc(/C=C(\O)C=O)ccc1O. The van der Waals surface area contributed by atoms with Gasteiger partial charge >= 0.3 is 0 Å². The number of benzene rings is 1. The molecule has 74 valence electrons. The molecule has 0 aliphatic rings. The minimum Gasteiger partial charge on any atom is -0.505 e. The molecule has 1 rings (SSSR count). The van der Waals surface area contributed by atoms with Crippen molar-refractivity contribution in [2.75, 3.05) is 7.11 Å². The monoisotopic (exact) mass is 194 g/mol. The Balaban J connectivity index is 3.06. The summed E-state index contributed by atoms with van der Waals surface area (Å²) in [5.41, 5.74) is 0.573. The first-order chi connectivity index (χ1) is 6.67. The topological polar surface area (TPSA) is 66.8 Å². The lowest BCUT2D eigenvalue weighted by Gasteiger charge is -2.03. The van der Waals surface area contributed by atoms with Crippen LogP contribution in [0.4, 0.5) is 0 Å². The predicted octanol–water partition coefficient (Wildman–Crippen LogP) is 1.50. The fourth-order valence-corrected chi connectivity index (χ4v) is 0.989. The van der Waals surface area contributed by atoms with Gasteiger partial charge in [0.05, 0.1) is 7.11 Å². The molecule has 0 spiro atoms. The summed E-state index contributed by atoms with van der Waals surface area (Å²) < 4.78 is 4.85. The van der Waals surface area contributed by atoms with Gasteiger partial charge in [-0.2, -0.15) is 0 Å². The van der Waals surface area contributed by atoms with E-state index in [0.717, 1.165) is 0 Å². The fourth-order valence-electron chi connectivity index (χ4n) is 0.989. The third-order valence-electron chi connectivity index (χ3n) is 1.64. The number of ether oxygens (including phenoxy) is 1. The van der Waals surface area contributed by atoms with Gasteiger partial charge in [-0.3, -0.25) is 4.79 Å². The molecule has 0 fully saturated rings. The number of phenolic OH excluding ortho intramolecular Hbond substituents is 1. The fraction of sp³-hybridized carbons (Fsp3) is 0.100. The van der Waals surface area contributed by atoms with Crippen LogP contribution in [0.15, 0.2) is 24.0 Å². The maximum atomic E-state index is 10.1. The van der Waals surface area contributed by atoms with E-state index < -0.39 is 0 Å². The van der Waals surface area contributed by atoms with Crippen molar-refractivity contribution in [2.24, 2.45) is 0 Å². The Bertz CT molecular complexity index is 368. The molecule has 0 unspecified atom stereocenters. The number of carbonyl (C=O) groups excluding carboxylic acids is 1. The highest BCUT2D eigenvalue weighted by Crippen LogP contribution is 2.26. The highest BCUT2D eigenvalue weighted by atomic mass is 16.5. The summed E-state index contributed by atoms with van der Waals surface area (Å²) in [5.74, 6) is -0.0783. The summed E-state index contributed by atoms with van der Waals surface area (Å²) in [6, 6.07) is 4.48. The van der Waals surface area contributed by atoms with E-state index in [4.69, 9.17) is 9.84 Å². The zero-order valence-corrected chi connectivity index (χ0v) is 7.60. The highest BCUT2D eigenvalue weighted by molar-refractivity contribution is 5.78. The third-order valence-corrected chi connectivity index (χ3v) is 1.64. The maximum Gasteiger partial charge on any atom is 0.184 e. The van der Waals surface area contributed by atoms with Gasteiger partial charge in [-0.1, -0.05) is 6.07 Å². The van der Waals surface area contributed by atoms with Crippen LogP contribution < -0.4 is 4.74 Å². The number of hydrogen-bond donors (Lipinski definition) is 2. The van der Waals surface area contributed by atoms with E-state index in [2.05, 4.69) is 0 Å². The van der Waals surface area contributed by atoms with E-state index in [9.17, 15) is 9.90 Å². The van der Waals surface area contributed by atoms with Crippen molar-refractivity contribution in [3.05, 3.63) is 29.5 Å². The third kappa shape index (κ3) is 2.26. The average molecular weight is 194 g/mol. The van der Waals surface area contributed by atoms with Crippen molar-refractivity contribution in [3.63, 3.8) is 0 Å². The van der Waals surface area contributed by atoms with Crippen LogP contribution in [-0.4, -0.2) is 23.6 Å². The minimum absolute atomic E-state index is 0.00948. The molecule has 0 amide bonds. The normalized spacial score (nSPS) is 11.1. The number of hydrogen-bond acceptors (Lipinski definition) is 4. The van der Waals surface area contributed by atoms with Crippen LogP contribution in [-0.2, 0) is 4.79 Å². The van der Waals surface area contributed by atoms with E-state index >= 15 is 0 Å². The molecule has 1 aromatic carbocycles. The zero-order chi connectivity index (χ0) is 10.6. The van der Waals surface area contributed by atoms with Crippen molar-refractivity contribution in [2.45, 2.75) is 0 Å². The van der Waals surface area contributed by atoms with Crippen molar-refractivity contribution >= 4 is 12.4 Å². The number of aromatic hydroxyl groups is 1. The second-order valence-electron chi connectivity index (χ2n) is 2.62. The largest absolute Gasteiger partial charge is 0.505 e. The number of carbonyl (C=O) groups is 1. The average Bonchev–Trinajstić information content (AvgIpc) is 2.20. The maximum absolute atomic E-state index is 10.1. The molecule has 0 radical (unpaired) electrons. The number of allylic oxidation sites excluding steroid dienone is 1. The first kappa shape index (κ1) is 10.1. The van der Waals surface area contributed by atoms with Crippen molar-refractivity contribution in [1.82, 2.24) is 0 Å². The van der Waals surface area contributed by atoms with Crippen LogP contribution in [0.1, 0.15) is 5.56 Å². The predicted molar refractivity (Wildman–Crippen MR) is 51.3 cm³/mol. The van der Waals surface area contributed by atoms with Gasteiger partial charge in [0, 0.05) is 0 Å². The van der Waals surface area contributed by atoms with Gasteiger partial charge in [-0.15, -0.1) is 0 Å². The van der Waals surface area contributed by atoms with Gasteiger partial charge in [-0.05, 0) is 23.8 Å². The zero-order valence-electron chi connectivity index (χ0n) is 7.60. The highest BCUT2D eigenvalue weighted by Gasteiger charge is 2.01. The number of aldehydes is 1. The number of aliphatic hydroxyl groups is 1. The van der Waals surface area contributed by atoms with E-state index in [0.29, 0.717) is 11.8 Å². The van der Waals surface area contributed by atoms with Crippen LogP contribution >= 0.6 is 0 Å². The van der Waals surface area contributed by atoms with E-state index in [1.54, 1.807) is 6.07 Å². The number of aliphatic hydroxyl groups excluding tert-OH is 1. The summed E-state index contributed by atoms with van der Waals surface area (Å²) in [7, 11) is 1.42. The molecule has 14 heavy (non-hydrogen) atoms. The standard InChI is InChI=1S/C10H10O4/c1-14-10-5-7(2-3-9(10)13)4-8(12)6-11/h2-6,12-13H,1H3/b8-4-. The second kappa shape index (κ2) is 4.32. The van der Waals surface area contributed by atoms with Crippen molar-refractivity contribution in [1.29, 1.82) is 0 Å². The summed E-state index contributed by atoms with van der Waals surface area (Å²) >= 11 is 0. The lowest BCUT2D eigenvalue weighted by molar-refractivity contribution is -0.106. The molecular weight excluding hydrogens is 184 g/mol. The van der Waals surface area contributed by atoms with Crippen LogP contribution in [0, 0.1) is 0 Å². The Morgan fingerprint density at radius 3 is 2.79 bits per heavy atom. The van der Waals surface area contributed by atoms with Gasteiger partial charge in [0.25, 0.3) is 0 Å². The molecule has 1 aromatic rings. The second-order valence-corrected chi connectivity index (χ2v) is 2.62. The molecule has 0 heterocycles. The molecule has 0 saturated carbocycles. The Morgan fingerprint density at radius 2 is 2.21 bits per heavy atom.